The van der Waals surface area contributed by atoms with Crippen LogP contribution >= 0.6 is 11.8 Å². The number of piperidine rings is 1. The molecule has 3 heterocycles. The summed E-state index contributed by atoms with van der Waals surface area (Å²) in [5.74, 6) is 1.62. The van der Waals surface area contributed by atoms with E-state index in [0.717, 1.165) is 29.9 Å². The second kappa shape index (κ2) is 9.06. The van der Waals surface area contributed by atoms with Crippen LogP contribution < -0.4 is 4.74 Å². The molecule has 4 rings (SSSR count). The van der Waals surface area contributed by atoms with Gasteiger partial charge in [-0.05, 0) is 69.8 Å². The number of carbonyl (C=O) groups is 1. The fourth-order valence-electron chi connectivity index (χ4n) is 3.95. The zero-order chi connectivity index (χ0) is 22.9. The van der Waals surface area contributed by atoms with E-state index in [1.54, 1.807) is 22.9 Å². The number of pyridine rings is 1. The van der Waals surface area contributed by atoms with Crippen molar-refractivity contribution in [2.75, 3.05) is 19.3 Å². The molecule has 0 radical (unpaired) electrons. The first kappa shape index (κ1) is 22.5. The average molecular weight is 454 g/mol. The minimum Gasteiger partial charge on any atom is -0.489 e. The summed E-state index contributed by atoms with van der Waals surface area (Å²) in [5.41, 5.74) is 1.91. The van der Waals surface area contributed by atoms with E-state index in [4.69, 9.17) is 9.47 Å². The van der Waals surface area contributed by atoms with E-state index in [-0.39, 0.29) is 12.2 Å². The highest BCUT2D eigenvalue weighted by Gasteiger charge is 2.27. The van der Waals surface area contributed by atoms with Crippen LogP contribution in [0.2, 0.25) is 0 Å². The van der Waals surface area contributed by atoms with Gasteiger partial charge in [-0.15, -0.1) is 11.8 Å². The maximum atomic E-state index is 12.2. The number of benzene rings is 1. The van der Waals surface area contributed by atoms with Crippen molar-refractivity contribution < 1.29 is 14.3 Å². The smallest absolute Gasteiger partial charge is 0.410 e. The number of aromatic nitrogens is 2. The summed E-state index contributed by atoms with van der Waals surface area (Å²) < 4.78 is 13.7. The third-order valence-corrected chi connectivity index (χ3v) is 6.30. The molecular weight excluding hydrogens is 422 g/mol. The van der Waals surface area contributed by atoms with Gasteiger partial charge in [0.2, 0.25) is 0 Å². The summed E-state index contributed by atoms with van der Waals surface area (Å²) in [7, 11) is 0. The van der Waals surface area contributed by atoms with Crippen molar-refractivity contribution in [2.24, 2.45) is 0 Å². The van der Waals surface area contributed by atoms with Gasteiger partial charge in [-0.2, -0.15) is 0 Å². The van der Waals surface area contributed by atoms with Crippen LogP contribution in [0.15, 0.2) is 47.6 Å². The molecule has 0 unspecified atom stereocenters. The summed E-state index contributed by atoms with van der Waals surface area (Å²) in [5, 5.41) is 1.25. The third kappa shape index (κ3) is 5.04. The Bertz CT molecular complexity index is 1090. The molecule has 0 atom stereocenters. The Labute approximate surface area is 193 Å². The Balaban J connectivity index is 1.39. The predicted octanol–water partition coefficient (Wildman–Crippen LogP) is 5.83. The normalized spacial score (nSPS) is 15.2. The number of carbonyl (C=O) groups excluding carboxylic acids is 1. The van der Waals surface area contributed by atoms with E-state index in [1.807, 2.05) is 32.9 Å². The van der Waals surface area contributed by atoms with Gasteiger partial charge in [0.15, 0.2) is 0 Å². The third-order valence-electron chi connectivity index (χ3n) is 5.57. The molecule has 1 fully saturated rings. The standard InChI is InChI=1S/C25H31N3O3S/c1-17-16-28(22-8-7-20(32-5)14-21(17)22)23-9-6-19(15-26-23)30-18-10-12-27(13-11-18)24(29)31-25(2,3)4/h6-9,14-16,18H,10-13H2,1-5H3. The molecule has 0 aliphatic carbocycles. The van der Waals surface area contributed by atoms with Gasteiger partial charge in [0.1, 0.15) is 23.3 Å². The molecule has 2 aromatic heterocycles. The zero-order valence-corrected chi connectivity index (χ0v) is 20.2. The summed E-state index contributed by atoms with van der Waals surface area (Å²) in [6.45, 7) is 9.06. The largest absolute Gasteiger partial charge is 0.489 e. The van der Waals surface area contributed by atoms with Crippen molar-refractivity contribution in [1.29, 1.82) is 0 Å². The van der Waals surface area contributed by atoms with Crippen molar-refractivity contribution in [1.82, 2.24) is 14.5 Å². The molecule has 1 saturated heterocycles. The van der Waals surface area contributed by atoms with Crippen LogP contribution in [0.25, 0.3) is 16.7 Å². The van der Waals surface area contributed by atoms with E-state index in [1.165, 1.54) is 15.8 Å². The minimum absolute atomic E-state index is 0.0703. The number of aryl methyl sites for hydroxylation is 1. The summed E-state index contributed by atoms with van der Waals surface area (Å²) in [4.78, 5) is 19.9. The Morgan fingerprint density at radius 3 is 2.53 bits per heavy atom. The van der Waals surface area contributed by atoms with Crippen LogP contribution in [0.4, 0.5) is 4.79 Å². The molecule has 170 valence electrons. The van der Waals surface area contributed by atoms with Crippen LogP contribution in [-0.2, 0) is 4.74 Å². The van der Waals surface area contributed by atoms with Gasteiger partial charge in [-0.25, -0.2) is 9.78 Å². The first-order valence-corrected chi connectivity index (χ1v) is 12.2. The quantitative estimate of drug-likeness (QED) is 0.465. The fraction of sp³-hybridized carbons (Fsp3) is 0.440. The summed E-state index contributed by atoms with van der Waals surface area (Å²) in [6.07, 6.45) is 7.38. The second-order valence-corrected chi connectivity index (χ2v) is 10.1. The van der Waals surface area contributed by atoms with Gasteiger partial charge >= 0.3 is 6.09 Å². The Kier molecular flexibility index (Phi) is 6.38. The lowest BCUT2D eigenvalue weighted by atomic mass is 10.1. The maximum absolute atomic E-state index is 12.2. The van der Waals surface area contributed by atoms with Gasteiger partial charge < -0.3 is 18.9 Å². The summed E-state index contributed by atoms with van der Waals surface area (Å²) >= 11 is 1.75. The number of amides is 1. The van der Waals surface area contributed by atoms with Crippen LogP contribution in [0.3, 0.4) is 0 Å². The lowest BCUT2D eigenvalue weighted by Gasteiger charge is -2.33. The van der Waals surface area contributed by atoms with Crippen molar-refractivity contribution in [3.05, 3.63) is 48.3 Å². The van der Waals surface area contributed by atoms with Crippen LogP contribution in [-0.4, -0.2) is 51.6 Å². The highest BCUT2D eigenvalue weighted by atomic mass is 32.2. The number of likely N-dealkylation sites (tertiary alicyclic amines) is 1. The molecule has 1 aliphatic rings. The molecule has 7 heteroatoms. The summed E-state index contributed by atoms with van der Waals surface area (Å²) in [6, 6.07) is 10.5. The molecule has 1 aliphatic heterocycles. The van der Waals surface area contributed by atoms with Gasteiger partial charge in [-0.3, -0.25) is 0 Å². The van der Waals surface area contributed by atoms with Crippen molar-refractivity contribution in [3.63, 3.8) is 0 Å². The molecule has 1 aromatic carbocycles. The molecule has 0 bridgehead atoms. The number of fused-ring (bicyclic) bond motifs is 1. The Morgan fingerprint density at radius 1 is 1.16 bits per heavy atom. The molecule has 0 spiro atoms. The molecule has 6 nitrogen and oxygen atoms in total. The number of hydrogen-bond donors (Lipinski definition) is 0. The first-order chi connectivity index (χ1) is 15.2. The molecule has 3 aromatic rings. The van der Waals surface area contributed by atoms with E-state index in [9.17, 15) is 4.79 Å². The van der Waals surface area contributed by atoms with Crippen LogP contribution in [0, 0.1) is 6.92 Å². The van der Waals surface area contributed by atoms with Crippen molar-refractivity contribution in [2.45, 2.75) is 57.1 Å². The number of ether oxygens (including phenoxy) is 2. The van der Waals surface area contributed by atoms with Crippen LogP contribution in [0.1, 0.15) is 39.2 Å². The highest BCUT2D eigenvalue weighted by molar-refractivity contribution is 7.98. The SMILES string of the molecule is CSc1ccc2c(c1)c(C)cn2-c1ccc(OC2CCN(C(=O)OC(C)(C)C)CC2)cn1. The number of hydrogen-bond acceptors (Lipinski definition) is 5. The van der Waals surface area contributed by atoms with E-state index in [0.29, 0.717) is 13.1 Å². The van der Waals surface area contributed by atoms with Gasteiger partial charge in [0.25, 0.3) is 0 Å². The molecule has 0 N–H and O–H groups in total. The zero-order valence-electron chi connectivity index (χ0n) is 19.4. The van der Waals surface area contributed by atoms with Crippen molar-refractivity contribution >= 4 is 28.8 Å². The van der Waals surface area contributed by atoms with Crippen LogP contribution in [0.5, 0.6) is 5.75 Å². The molecule has 32 heavy (non-hydrogen) atoms. The Morgan fingerprint density at radius 2 is 1.91 bits per heavy atom. The number of nitrogens with zero attached hydrogens (tertiary/aromatic N) is 3. The fourth-order valence-corrected chi connectivity index (χ4v) is 4.39. The van der Waals surface area contributed by atoms with E-state index < -0.39 is 5.60 Å². The number of rotatable bonds is 4. The number of thioether (sulfide) groups is 1. The lowest BCUT2D eigenvalue weighted by molar-refractivity contribution is 0.0126. The maximum Gasteiger partial charge on any atom is 0.410 e. The van der Waals surface area contributed by atoms with Crippen molar-refractivity contribution in [3.8, 4) is 11.6 Å². The molecular formula is C25H31N3O3S. The van der Waals surface area contributed by atoms with Gasteiger partial charge in [-0.1, -0.05) is 0 Å². The Hall–Kier alpha value is -2.67. The monoisotopic (exact) mass is 453 g/mol. The first-order valence-electron chi connectivity index (χ1n) is 11.0. The lowest BCUT2D eigenvalue weighted by Crippen LogP contribution is -2.44. The minimum atomic E-state index is -0.474. The van der Waals surface area contributed by atoms with Gasteiger partial charge in [0.05, 0.1) is 11.7 Å². The molecule has 0 saturated carbocycles. The second-order valence-electron chi connectivity index (χ2n) is 9.20. The topological polar surface area (TPSA) is 56.6 Å². The predicted molar refractivity (Wildman–Crippen MR) is 129 cm³/mol. The highest BCUT2D eigenvalue weighted by Crippen LogP contribution is 2.28. The van der Waals surface area contributed by atoms with E-state index in [2.05, 4.69) is 47.1 Å². The van der Waals surface area contributed by atoms with E-state index >= 15 is 0 Å². The average Bonchev–Trinajstić information content (AvgIpc) is 3.09. The van der Waals surface area contributed by atoms with Gasteiger partial charge in [0, 0.05) is 42.4 Å². The molecule has 1 amide bonds.